The summed E-state index contributed by atoms with van der Waals surface area (Å²) >= 11 is 0. The van der Waals surface area contributed by atoms with Crippen LogP contribution in [0.4, 0.5) is 17.6 Å². The number of hydrogen-bond donors (Lipinski definition) is 1. The maximum Gasteiger partial charge on any atom is 0.435 e. The van der Waals surface area contributed by atoms with E-state index in [1.165, 1.54) is 25.4 Å². The molecular weight excluding hydrogens is 529 g/mol. The van der Waals surface area contributed by atoms with Crippen molar-refractivity contribution in [1.82, 2.24) is 20.0 Å². The molecule has 1 aromatic heterocycles. The van der Waals surface area contributed by atoms with Crippen LogP contribution in [0.1, 0.15) is 36.8 Å². The van der Waals surface area contributed by atoms with E-state index in [4.69, 9.17) is 4.74 Å². The molecule has 0 spiro atoms. The molecule has 2 unspecified atom stereocenters. The van der Waals surface area contributed by atoms with Crippen molar-refractivity contribution in [3.63, 3.8) is 0 Å². The van der Waals surface area contributed by atoms with Crippen LogP contribution in [0.3, 0.4) is 0 Å². The van der Waals surface area contributed by atoms with Crippen molar-refractivity contribution in [3.05, 3.63) is 53.1 Å². The Labute approximate surface area is 195 Å². The second-order valence-corrected chi connectivity index (χ2v) is 7.24. The summed E-state index contributed by atoms with van der Waals surface area (Å²) in [5, 5.41) is 6.67. The van der Waals surface area contributed by atoms with Crippen LogP contribution in [0.15, 0.2) is 35.5 Å². The van der Waals surface area contributed by atoms with Crippen molar-refractivity contribution >= 4 is 29.9 Å². The summed E-state index contributed by atoms with van der Waals surface area (Å²) in [5.41, 5.74) is -0.0867. The first-order valence-corrected chi connectivity index (χ1v) is 9.71. The van der Waals surface area contributed by atoms with E-state index in [2.05, 4.69) is 15.4 Å². The highest BCUT2D eigenvalue weighted by molar-refractivity contribution is 14.0. The normalized spacial score (nSPS) is 19.8. The molecule has 0 bridgehead atoms. The molecule has 31 heavy (non-hydrogen) atoms. The molecule has 1 N–H and O–H groups in total. The quantitative estimate of drug-likeness (QED) is 0.267. The van der Waals surface area contributed by atoms with Crippen molar-refractivity contribution in [2.24, 2.45) is 12.0 Å². The third kappa shape index (κ3) is 6.55. The van der Waals surface area contributed by atoms with Gasteiger partial charge in [0.25, 0.3) is 0 Å². The van der Waals surface area contributed by atoms with E-state index in [0.717, 1.165) is 10.2 Å². The number of ether oxygens (including phenoxy) is 1. The first-order valence-electron chi connectivity index (χ1n) is 9.71. The largest absolute Gasteiger partial charge is 0.435 e. The Morgan fingerprint density at radius 3 is 2.55 bits per heavy atom. The Bertz CT molecular complexity index is 885. The van der Waals surface area contributed by atoms with E-state index >= 15 is 0 Å². The fourth-order valence-corrected chi connectivity index (χ4v) is 3.46. The van der Waals surface area contributed by atoms with Crippen LogP contribution < -0.4 is 5.32 Å². The number of nitrogens with zero attached hydrogens (tertiary/aromatic N) is 4. The highest BCUT2D eigenvalue weighted by Crippen LogP contribution is 2.31. The lowest BCUT2D eigenvalue weighted by Crippen LogP contribution is -2.50. The predicted octanol–water partition coefficient (Wildman–Crippen LogP) is 4.12. The molecule has 0 amide bonds. The van der Waals surface area contributed by atoms with Gasteiger partial charge in [-0.2, -0.15) is 18.3 Å². The number of rotatable bonds is 4. The first kappa shape index (κ1) is 25.4. The van der Waals surface area contributed by atoms with Gasteiger partial charge in [0.15, 0.2) is 11.7 Å². The summed E-state index contributed by atoms with van der Waals surface area (Å²) in [4.78, 5) is 6.39. The minimum absolute atomic E-state index is 0. The molecule has 2 heterocycles. The zero-order valence-electron chi connectivity index (χ0n) is 17.5. The summed E-state index contributed by atoms with van der Waals surface area (Å²) < 4.78 is 60.0. The fourth-order valence-electron chi connectivity index (χ4n) is 3.46. The van der Waals surface area contributed by atoms with E-state index in [1.807, 2.05) is 18.7 Å². The van der Waals surface area contributed by atoms with E-state index in [-0.39, 0.29) is 54.1 Å². The lowest BCUT2D eigenvalue weighted by Gasteiger charge is -2.38. The second-order valence-electron chi connectivity index (χ2n) is 7.24. The lowest BCUT2D eigenvalue weighted by atomic mass is 10.1. The Balaban J connectivity index is 0.00000341. The van der Waals surface area contributed by atoms with Crippen LogP contribution in [0.5, 0.6) is 0 Å². The number of aryl methyl sites for hydroxylation is 1. The number of guanidine groups is 1. The molecule has 0 aliphatic carbocycles. The predicted molar refractivity (Wildman–Crippen MR) is 120 cm³/mol. The number of aromatic nitrogens is 2. The van der Waals surface area contributed by atoms with Gasteiger partial charge in [0.2, 0.25) is 0 Å². The summed E-state index contributed by atoms with van der Waals surface area (Å²) in [6.07, 6.45) is -3.64. The van der Waals surface area contributed by atoms with Crippen molar-refractivity contribution < 1.29 is 22.3 Å². The van der Waals surface area contributed by atoms with Crippen LogP contribution in [-0.4, -0.2) is 46.4 Å². The van der Waals surface area contributed by atoms with Gasteiger partial charge in [0, 0.05) is 31.9 Å². The Hall–Kier alpha value is -1.89. The zero-order valence-corrected chi connectivity index (χ0v) is 19.8. The lowest BCUT2D eigenvalue weighted by molar-refractivity contribution is -0.142. The molecule has 11 heteroatoms. The molecule has 1 aliphatic rings. The molecular formula is C20H26F4IN5O. The molecule has 1 fully saturated rings. The van der Waals surface area contributed by atoms with E-state index in [1.54, 1.807) is 12.1 Å². The van der Waals surface area contributed by atoms with Crippen molar-refractivity contribution in [2.75, 3.05) is 19.6 Å². The maximum absolute atomic E-state index is 13.2. The van der Waals surface area contributed by atoms with Gasteiger partial charge < -0.3 is 15.0 Å². The first-order chi connectivity index (χ1) is 14.2. The molecule has 1 aromatic carbocycles. The van der Waals surface area contributed by atoms with Gasteiger partial charge in [-0.15, -0.1) is 24.0 Å². The van der Waals surface area contributed by atoms with Gasteiger partial charge in [-0.1, -0.05) is 12.1 Å². The van der Waals surface area contributed by atoms with E-state index < -0.39 is 11.9 Å². The highest BCUT2D eigenvalue weighted by atomic mass is 127. The molecule has 172 valence electrons. The SMILES string of the molecule is CCNC(=NCc1cn(C)nc1C(F)(F)F)N1CC(C)OC(c2ccc(F)cc2)C1.I. The minimum atomic E-state index is -4.54. The third-order valence-electron chi connectivity index (χ3n) is 4.71. The Kier molecular flexibility index (Phi) is 8.69. The van der Waals surface area contributed by atoms with Gasteiger partial charge in [-0.05, 0) is 31.5 Å². The molecule has 0 saturated carbocycles. The topological polar surface area (TPSA) is 54.7 Å². The summed E-state index contributed by atoms with van der Waals surface area (Å²) in [6.45, 7) is 5.18. The summed E-state index contributed by atoms with van der Waals surface area (Å²) in [7, 11) is 1.45. The Morgan fingerprint density at radius 2 is 1.94 bits per heavy atom. The zero-order chi connectivity index (χ0) is 21.9. The smallest absolute Gasteiger partial charge is 0.367 e. The Morgan fingerprint density at radius 1 is 1.26 bits per heavy atom. The van der Waals surface area contributed by atoms with E-state index in [0.29, 0.717) is 25.6 Å². The van der Waals surface area contributed by atoms with Crippen LogP contribution in [-0.2, 0) is 24.5 Å². The van der Waals surface area contributed by atoms with Gasteiger partial charge in [-0.3, -0.25) is 4.68 Å². The van der Waals surface area contributed by atoms with Gasteiger partial charge in [0.05, 0.1) is 19.2 Å². The van der Waals surface area contributed by atoms with Gasteiger partial charge in [0.1, 0.15) is 11.9 Å². The number of nitrogens with one attached hydrogen (secondary N) is 1. The monoisotopic (exact) mass is 555 g/mol. The fraction of sp³-hybridized carbons (Fsp3) is 0.500. The minimum Gasteiger partial charge on any atom is -0.367 e. The molecule has 0 radical (unpaired) electrons. The average molecular weight is 555 g/mol. The number of alkyl halides is 3. The number of halogens is 5. The third-order valence-corrected chi connectivity index (χ3v) is 4.71. The molecule has 1 aliphatic heterocycles. The van der Waals surface area contributed by atoms with Crippen molar-refractivity contribution in [2.45, 2.75) is 38.8 Å². The standard InChI is InChI=1S/C20H25F4N5O.HI/c1-4-25-19(26-9-15-11-28(3)27-18(15)20(22,23)24)29-10-13(2)30-17(12-29)14-5-7-16(21)8-6-14;/h5-8,11,13,17H,4,9-10,12H2,1-3H3,(H,25,26);1H. The van der Waals surface area contributed by atoms with Crippen LogP contribution >= 0.6 is 24.0 Å². The average Bonchev–Trinajstić information content (AvgIpc) is 3.06. The van der Waals surface area contributed by atoms with E-state index in [9.17, 15) is 17.6 Å². The van der Waals surface area contributed by atoms with Crippen LogP contribution in [0.25, 0.3) is 0 Å². The number of morpholine rings is 1. The van der Waals surface area contributed by atoms with Crippen molar-refractivity contribution in [1.29, 1.82) is 0 Å². The maximum atomic E-state index is 13.2. The molecule has 1 saturated heterocycles. The number of benzene rings is 1. The van der Waals surface area contributed by atoms with Gasteiger partial charge >= 0.3 is 6.18 Å². The highest BCUT2D eigenvalue weighted by Gasteiger charge is 2.37. The van der Waals surface area contributed by atoms with Gasteiger partial charge in [-0.25, -0.2) is 9.38 Å². The second kappa shape index (κ2) is 10.6. The number of aliphatic imine (C=N–C) groups is 1. The van der Waals surface area contributed by atoms with Crippen LogP contribution in [0.2, 0.25) is 0 Å². The molecule has 3 rings (SSSR count). The van der Waals surface area contributed by atoms with Crippen molar-refractivity contribution in [3.8, 4) is 0 Å². The molecule has 2 atom stereocenters. The summed E-state index contributed by atoms with van der Waals surface area (Å²) in [6, 6.07) is 6.10. The molecule has 6 nitrogen and oxygen atoms in total. The van der Waals surface area contributed by atoms with Crippen LogP contribution in [0, 0.1) is 5.82 Å². The summed E-state index contributed by atoms with van der Waals surface area (Å²) in [5.74, 6) is 0.169. The number of hydrogen-bond acceptors (Lipinski definition) is 3. The molecule has 2 aromatic rings.